The molecule has 0 bridgehead atoms. The average molecular weight is 855 g/mol. The highest BCUT2D eigenvalue weighted by atomic mass is 16.8. The van der Waals surface area contributed by atoms with Crippen LogP contribution in [0.3, 0.4) is 0 Å². The van der Waals surface area contributed by atoms with E-state index in [1.807, 2.05) is 0 Å². The van der Waals surface area contributed by atoms with Crippen LogP contribution in [0.4, 0.5) is 0 Å². The minimum absolute atomic E-state index is 0.0699. The van der Waals surface area contributed by atoms with Gasteiger partial charge in [-0.1, -0.05) is 39.3 Å². The molecule has 5 saturated heterocycles. The molecular formula is C44H70O16. The van der Waals surface area contributed by atoms with Crippen LogP contribution < -0.4 is 0 Å². The van der Waals surface area contributed by atoms with Crippen LogP contribution in [0.2, 0.25) is 0 Å². The average Bonchev–Trinajstić information content (AvgIpc) is 3.66. The van der Waals surface area contributed by atoms with E-state index < -0.39 is 109 Å². The summed E-state index contributed by atoms with van der Waals surface area (Å²) in [6.07, 6.45) is -12.0. The van der Waals surface area contributed by atoms with E-state index in [0.29, 0.717) is 30.1 Å². The number of hydrogen-bond donors (Lipinski definition) is 8. The van der Waals surface area contributed by atoms with Crippen molar-refractivity contribution < 1.29 is 78.7 Å². The van der Waals surface area contributed by atoms with Gasteiger partial charge in [-0.2, -0.15) is 0 Å². The van der Waals surface area contributed by atoms with Crippen molar-refractivity contribution in [3.05, 3.63) is 11.6 Å². The number of aliphatic hydroxyl groups excluding tert-OH is 8. The third kappa shape index (κ3) is 7.01. The van der Waals surface area contributed by atoms with Crippen molar-refractivity contribution in [1.82, 2.24) is 0 Å². The quantitative estimate of drug-likeness (QED) is 0.173. The van der Waals surface area contributed by atoms with Crippen LogP contribution in [0, 0.1) is 46.3 Å². The van der Waals surface area contributed by atoms with E-state index in [1.165, 1.54) is 6.92 Å². The minimum Gasteiger partial charge on any atom is -0.393 e. The lowest BCUT2D eigenvalue weighted by atomic mass is 9.46. The summed E-state index contributed by atoms with van der Waals surface area (Å²) in [7, 11) is 0. The zero-order chi connectivity index (χ0) is 42.8. The summed E-state index contributed by atoms with van der Waals surface area (Å²) in [6.45, 7) is 12.8. The molecule has 26 atom stereocenters. The van der Waals surface area contributed by atoms with Gasteiger partial charge in [-0.15, -0.1) is 0 Å². The normalized spacial score (nSPS) is 59.2. The molecule has 0 aromatic carbocycles. The van der Waals surface area contributed by atoms with Crippen molar-refractivity contribution in [2.75, 3.05) is 13.2 Å². The van der Waals surface area contributed by atoms with E-state index in [-0.39, 0.29) is 36.4 Å². The van der Waals surface area contributed by atoms with Gasteiger partial charge in [-0.25, -0.2) is 0 Å². The lowest BCUT2D eigenvalue weighted by Crippen LogP contribution is -2.66. The predicted molar refractivity (Wildman–Crippen MR) is 208 cm³/mol. The van der Waals surface area contributed by atoms with Crippen LogP contribution in [-0.4, -0.2) is 164 Å². The summed E-state index contributed by atoms with van der Waals surface area (Å²) >= 11 is 0. The largest absolute Gasteiger partial charge is 0.393 e. The molecule has 9 aliphatic rings. The molecule has 4 aliphatic carbocycles. The maximum Gasteiger partial charge on any atom is 0.187 e. The van der Waals surface area contributed by atoms with Crippen molar-refractivity contribution in [2.45, 2.75) is 203 Å². The fraction of sp³-hybridized carbons (Fsp3) is 0.955. The van der Waals surface area contributed by atoms with Crippen molar-refractivity contribution in [1.29, 1.82) is 0 Å². The first-order chi connectivity index (χ1) is 28.4. The van der Waals surface area contributed by atoms with Gasteiger partial charge in [0, 0.05) is 24.2 Å². The molecule has 3 saturated carbocycles. The molecule has 5 aliphatic heterocycles. The molecule has 60 heavy (non-hydrogen) atoms. The van der Waals surface area contributed by atoms with Crippen LogP contribution in [0.15, 0.2) is 11.6 Å². The summed E-state index contributed by atoms with van der Waals surface area (Å²) in [5, 5.41) is 86.8. The van der Waals surface area contributed by atoms with Gasteiger partial charge in [0.1, 0.15) is 54.9 Å². The standard InChI is InChI=1S/C44H70O16/c1-18-9-12-44(54-16-18)19(2)30-28(60-44)15-26-24-8-7-22-13-23(45)14-29(43(22,6)25(24)10-11-42(26,30)5)57-41-38(59-40-36(52)34(50)31(47)20(3)55-40)37(32(48)21(4)56-41)58-39-35(51)33(49)27(46)17-53-39/h7,18-21,23-41,45-52H,8-17H2,1-6H3/t18-,19+,20+,21-,23-,24-,25-,26-,27+,28-,29-,30-,31+,32+,33+,34-,35+,36-,37+,38+,39+,40+,41+,42+,43+,44-/m1/s1. The van der Waals surface area contributed by atoms with Crippen LogP contribution >= 0.6 is 0 Å². The summed E-state index contributed by atoms with van der Waals surface area (Å²) in [5.74, 6) is 1.67. The summed E-state index contributed by atoms with van der Waals surface area (Å²) in [4.78, 5) is 0. The summed E-state index contributed by atoms with van der Waals surface area (Å²) in [5.41, 5.74) is 0.681. The summed E-state index contributed by atoms with van der Waals surface area (Å²) in [6, 6.07) is 0. The smallest absolute Gasteiger partial charge is 0.187 e. The first kappa shape index (κ1) is 44.3. The molecule has 8 fully saturated rings. The van der Waals surface area contributed by atoms with E-state index in [9.17, 15) is 40.9 Å². The van der Waals surface area contributed by atoms with Gasteiger partial charge in [-0.05, 0) is 87.4 Å². The fourth-order valence-electron chi connectivity index (χ4n) is 13.8. The highest BCUT2D eigenvalue weighted by Gasteiger charge is 2.69. The van der Waals surface area contributed by atoms with E-state index in [4.69, 9.17) is 37.9 Å². The van der Waals surface area contributed by atoms with Crippen molar-refractivity contribution in [3.63, 3.8) is 0 Å². The number of ether oxygens (including phenoxy) is 8. The van der Waals surface area contributed by atoms with Gasteiger partial charge >= 0.3 is 0 Å². The SMILES string of the molecule is C[C@@H]1CC[C@@]2(OC1)O[C@@H]1C[C@@H]3[C@@H]4CC=C5C[C@@H](O)C[C@@H](O[C@@H]6O[C@H](C)[C@H](O)[C@H](O[C@@H]7OC[C@H](O)[C@H](O)[C@@H]7O)[C@@H]6O[C@@H]6O[C@@H](C)[C@H](O)[C@@H](O)[C@H]6O)[C@]5(C)[C@@H]4CC[C@]3(C)[C@@H]1[C@@H]2C. The van der Waals surface area contributed by atoms with Crippen molar-refractivity contribution in [2.24, 2.45) is 46.3 Å². The van der Waals surface area contributed by atoms with E-state index in [1.54, 1.807) is 6.92 Å². The van der Waals surface area contributed by atoms with Gasteiger partial charge in [0.15, 0.2) is 24.7 Å². The lowest BCUT2D eigenvalue weighted by molar-refractivity contribution is -0.391. The van der Waals surface area contributed by atoms with Gasteiger partial charge < -0.3 is 78.7 Å². The number of rotatable bonds is 6. The highest BCUT2D eigenvalue weighted by molar-refractivity contribution is 5.29. The van der Waals surface area contributed by atoms with E-state index in [0.717, 1.165) is 50.7 Å². The molecule has 16 nitrogen and oxygen atoms in total. The Morgan fingerprint density at radius 3 is 2.12 bits per heavy atom. The molecule has 16 heteroatoms. The Kier molecular flexibility index (Phi) is 12.0. The van der Waals surface area contributed by atoms with Gasteiger partial charge in [-0.3, -0.25) is 0 Å². The molecule has 1 spiro atoms. The lowest BCUT2D eigenvalue weighted by Gasteiger charge is -2.60. The van der Waals surface area contributed by atoms with Crippen LogP contribution in [-0.2, 0) is 37.9 Å². The highest BCUT2D eigenvalue weighted by Crippen LogP contribution is 2.71. The Balaban J connectivity index is 1.01. The predicted octanol–water partition coefficient (Wildman–Crippen LogP) is 0.852. The maximum atomic E-state index is 11.6. The molecule has 342 valence electrons. The third-order valence-electron chi connectivity index (χ3n) is 17.3. The fourth-order valence-corrected chi connectivity index (χ4v) is 13.8. The molecular weight excluding hydrogens is 784 g/mol. The van der Waals surface area contributed by atoms with Gasteiger partial charge in [0.25, 0.3) is 0 Å². The number of aliphatic hydroxyl groups is 8. The van der Waals surface area contributed by atoms with Crippen LogP contribution in [0.5, 0.6) is 0 Å². The Labute approximate surface area is 352 Å². The molecule has 0 radical (unpaired) electrons. The molecule has 0 amide bonds. The zero-order valence-electron chi connectivity index (χ0n) is 35.8. The van der Waals surface area contributed by atoms with Crippen LogP contribution in [0.25, 0.3) is 0 Å². The second-order valence-corrected chi connectivity index (χ2v) is 20.7. The first-order valence-electron chi connectivity index (χ1n) is 22.7. The minimum atomic E-state index is -1.72. The Bertz CT molecular complexity index is 1580. The molecule has 0 unspecified atom stereocenters. The molecule has 0 aromatic rings. The first-order valence-corrected chi connectivity index (χ1v) is 22.7. The van der Waals surface area contributed by atoms with E-state index in [2.05, 4.69) is 33.8 Å². The number of allylic oxidation sites excluding steroid dienone is 1. The third-order valence-corrected chi connectivity index (χ3v) is 17.3. The van der Waals surface area contributed by atoms with Crippen molar-refractivity contribution >= 4 is 0 Å². The second kappa shape index (κ2) is 16.2. The number of fused-ring (bicyclic) bond motifs is 7. The Morgan fingerprint density at radius 2 is 1.38 bits per heavy atom. The van der Waals surface area contributed by atoms with Gasteiger partial charge in [0.05, 0.1) is 43.7 Å². The summed E-state index contributed by atoms with van der Waals surface area (Å²) < 4.78 is 51.1. The van der Waals surface area contributed by atoms with Crippen LogP contribution in [0.1, 0.15) is 92.9 Å². The topological polar surface area (TPSA) is 236 Å². The number of hydrogen-bond acceptors (Lipinski definition) is 16. The van der Waals surface area contributed by atoms with Gasteiger partial charge in [0.2, 0.25) is 0 Å². The molecule has 9 rings (SSSR count). The zero-order valence-corrected chi connectivity index (χ0v) is 35.8. The monoisotopic (exact) mass is 854 g/mol. The molecule has 0 aromatic heterocycles. The second-order valence-electron chi connectivity index (χ2n) is 20.7. The molecule has 8 N–H and O–H groups in total. The Morgan fingerprint density at radius 1 is 0.683 bits per heavy atom. The molecule has 5 heterocycles. The Hall–Kier alpha value is -0.900. The van der Waals surface area contributed by atoms with E-state index >= 15 is 0 Å². The maximum absolute atomic E-state index is 11.6. The van der Waals surface area contributed by atoms with Crippen molar-refractivity contribution in [3.8, 4) is 0 Å².